The van der Waals surface area contributed by atoms with Gasteiger partial charge in [0.15, 0.2) is 0 Å². The molecule has 2 N–H and O–H groups in total. The fourth-order valence-corrected chi connectivity index (χ4v) is 2.16. The number of ether oxygens (including phenoxy) is 1. The predicted molar refractivity (Wildman–Crippen MR) is 68.4 cm³/mol. The van der Waals surface area contributed by atoms with Gasteiger partial charge in [0.2, 0.25) is 0 Å². The molecule has 2 aromatic rings. The molecule has 1 atom stereocenters. The molecule has 94 valence electrons. The van der Waals surface area contributed by atoms with Crippen LogP contribution in [0.3, 0.4) is 0 Å². The summed E-state index contributed by atoms with van der Waals surface area (Å²) in [5, 5.41) is 3.96. The van der Waals surface area contributed by atoms with E-state index in [0.29, 0.717) is 23.8 Å². The van der Waals surface area contributed by atoms with Gasteiger partial charge < -0.3 is 15.0 Å². The zero-order valence-corrected chi connectivity index (χ0v) is 9.98. The summed E-state index contributed by atoms with van der Waals surface area (Å²) in [5.41, 5.74) is 0.654. The van der Waals surface area contributed by atoms with Crippen LogP contribution < -0.4 is 10.9 Å². The molecule has 5 heteroatoms. The van der Waals surface area contributed by atoms with Gasteiger partial charge in [-0.3, -0.25) is 4.79 Å². The van der Waals surface area contributed by atoms with Gasteiger partial charge in [-0.2, -0.15) is 0 Å². The molecule has 1 aromatic heterocycles. The lowest BCUT2D eigenvalue weighted by Crippen LogP contribution is -2.30. The van der Waals surface area contributed by atoms with E-state index in [2.05, 4.69) is 15.3 Å². The molecule has 0 amide bonds. The Hall–Kier alpha value is -1.72. The number of hydrogen-bond donors (Lipinski definition) is 2. The summed E-state index contributed by atoms with van der Waals surface area (Å²) in [6.45, 7) is 2.10. The zero-order chi connectivity index (χ0) is 12.4. The number of nitrogens with zero attached hydrogens (tertiary/aromatic N) is 1. The number of H-pyrrole nitrogens is 1. The van der Waals surface area contributed by atoms with Crippen LogP contribution in [0.4, 0.5) is 0 Å². The topological polar surface area (TPSA) is 67.0 Å². The Morgan fingerprint density at radius 3 is 3.17 bits per heavy atom. The Labute approximate surface area is 104 Å². The number of nitrogens with one attached hydrogen (secondary N) is 2. The van der Waals surface area contributed by atoms with Crippen LogP contribution in [0.25, 0.3) is 10.9 Å². The molecule has 0 bridgehead atoms. The van der Waals surface area contributed by atoms with Crippen molar-refractivity contribution in [2.75, 3.05) is 13.2 Å². The lowest BCUT2D eigenvalue weighted by Gasteiger charge is -2.09. The van der Waals surface area contributed by atoms with Crippen molar-refractivity contribution >= 4 is 10.9 Å². The van der Waals surface area contributed by atoms with Crippen molar-refractivity contribution in [3.8, 4) is 0 Å². The largest absolute Gasteiger partial charge is 0.380 e. The number of para-hydroxylation sites is 1. The van der Waals surface area contributed by atoms with Crippen LogP contribution in [0.1, 0.15) is 12.2 Å². The van der Waals surface area contributed by atoms with Gasteiger partial charge in [0.1, 0.15) is 5.82 Å². The molecular formula is C13H15N3O2. The highest BCUT2D eigenvalue weighted by molar-refractivity contribution is 5.77. The van der Waals surface area contributed by atoms with Crippen molar-refractivity contribution in [1.29, 1.82) is 0 Å². The molecule has 0 aliphatic carbocycles. The fourth-order valence-electron chi connectivity index (χ4n) is 2.16. The van der Waals surface area contributed by atoms with Crippen molar-refractivity contribution in [2.45, 2.75) is 19.0 Å². The molecule has 1 aliphatic rings. The molecule has 0 spiro atoms. The highest BCUT2D eigenvalue weighted by Crippen LogP contribution is 2.07. The minimum Gasteiger partial charge on any atom is -0.380 e. The molecule has 0 radical (unpaired) electrons. The minimum atomic E-state index is -0.0833. The maximum atomic E-state index is 11.8. The predicted octanol–water partition coefficient (Wildman–Crippen LogP) is 0.802. The summed E-state index contributed by atoms with van der Waals surface area (Å²) in [5.74, 6) is 0.672. The first kappa shape index (κ1) is 11.4. The Morgan fingerprint density at radius 2 is 2.33 bits per heavy atom. The van der Waals surface area contributed by atoms with E-state index in [1.807, 2.05) is 18.2 Å². The second-order valence-electron chi connectivity index (χ2n) is 4.47. The van der Waals surface area contributed by atoms with Crippen LogP contribution in [0.5, 0.6) is 0 Å². The van der Waals surface area contributed by atoms with Crippen LogP contribution in [0, 0.1) is 0 Å². The summed E-state index contributed by atoms with van der Waals surface area (Å²) in [7, 11) is 0. The second kappa shape index (κ2) is 4.88. The fraction of sp³-hybridized carbons (Fsp3) is 0.385. The van der Waals surface area contributed by atoms with Crippen LogP contribution >= 0.6 is 0 Å². The molecule has 1 fully saturated rings. The van der Waals surface area contributed by atoms with Gasteiger partial charge in [-0.05, 0) is 18.6 Å². The van der Waals surface area contributed by atoms with Gasteiger partial charge in [-0.25, -0.2) is 4.98 Å². The number of aromatic amines is 1. The Bertz CT molecular complexity index is 602. The zero-order valence-electron chi connectivity index (χ0n) is 9.98. The van der Waals surface area contributed by atoms with Crippen LogP contribution in [-0.2, 0) is 11.3 Å². The van der Waals surface area contributed by atoms with Gasteiger partial charge in [-0.15, -0.1) is 0 Å². The third-order valence-electron chi connectivity index (χ3n) is 3.15. The lowest BCUT2D eigenvalue weighted by molar-refractivity contribution is 0.189. The second-order valence-corrected chi connectivity index (χ2v) is 4.47. The summed E-state index contributed by atoms with van der Waals surface area (Å²) in [6.07, 6.45) is 1.01. The molecule has 18 heavy (non-hydrogen) atoms. The quantitative estimate of drug-likeness (QED) is 0.839. The van der Waals surface area contributed by atoms with E-state index >= 15 is 0 Å². The molecule has 5 nitrogen and oxygen atoms in total. The van der Waals surface area contributed by atoms with Gasteiger partial charge in [0, 0.05) is 12.6 Å². The van der Waals surface area contributed by atoms with Crippen LogP contribution in [-0.4, -0.2) is 29.2 Å². The smallest absolute Gasteiger partial charge is 0.258 e. The van der Waals surface area contributed by atoms with E-state index in [1.54, 1.807) is 6.07 Å². The van der Waals surface area contributed by atoms with Crippen molar-refractivity contribution in [3.05, 3.63) is 40.4 Å². The van der Waals surface area contributed by atoms with E-state index in [1.165, 1.54) is 0 Å². The summed E-state index contributed by atoms with van der Waals surface area (Å²) in [4.78, 5) is 19.1. The Balaban J connectivity index is 1.81. The molecule has 0 saturated carbocycles. The van der Waals surface area contributed by atoms with Crippen LogP contribution in [0.2, 0.25) is 0 Å². The van der Waals surface area contributed by atoms with Crippen molar-refractivity contribution in [2.24, 2.45) is 0 Å². The number of aromatic nitrogens is 2. The minimum absolute atomic E-state index is 0.0833. The van der Waals surface area contributed by atoms with Crippen molar-refractivity contribution < 1.29 is 4.74 Å². The third-order valence-corrected chi connectivity index (χ3v) is 3.15. The molecule has 1 unspecified atom stereocenters. The van der Waals surface area contributed by atoms with E-state index in [0.717, 1.165) is 25.2 Å². The normalized spacial score (nSPS) is 19.4. The summed E-state index contributed by atoms with van der Waals surface area (Å²) >= 11 is 0. The first-order valence-corrected chi connectivity index (χ1v) is 6.12. The molecular weight excluding hydrogens is 230 g/mol. The average molecular weight is 245 g/mol. The number of hydrogen-bond acceptors (Lipinski definition) is 4. The highest BCUT2D eigenvalue weighted by Gasteiger charge is 2.15. The van der Waals surface area contributed by atoms with Gasteiger partial charge >= 0.3 is 0 Å². The maximum Gasteiger partial charge on any atom is 0.258 e. The standard InChI is InChI=1S/C13H15N3O2/c17-13-10-3-1-2-4-11(10)15-12(16-13)7-14-9-5-6-18-8-9/h1-4,9,14H,5-8H2,(H,15,16,17). The van der Waals surface area contributed by atoms with Crippen LogP contribution in [0.15, 0.2) is 29.1 Å². The molecule has 1 aromatic carbocycles. The number of benzene rings is 1. The lowest BCUT2D eigenvalue weighted by atomic mass is 10.2. The van der Waals surface area contributed by atoms with Crippen molar-refractivity contribution in [3.63, 3.8) is 0 Å². The number of fused-ring (bicyclic) bond motifs is 1. The maximum absolute atomic E-state index is 11.8. The average Bonchev–Trinajstić information content (AvgIpc) is 2.90. The SMILES string of the molecule is O=c1[nH]c(CNC2CCOC2)nc2ccccc12. The molecule has 1 saturated heterocycles. The highest BCUT2D eigenvalue weighted by atomic mass is 16.5. The Morgan fingerprint density at radius 1 is 1.44 bits per heavy atom. The molecule has 3 rings (SSSR count). The van der Waals surface area contributed by atoms with Gasteiger partial charge in [0.05, 0.1) is 24.1 Å². The monoisotopic (exact) mass is 245 g/mol. The van der Waals surface area contributed by atoms with E-state index < -0.39 is 0 Å². The Kier molecular flexibility index (Phi) is 3.08. The first-order valence-electron chi connectivity index (χ1n) is 6.12. The number of rotatable bonds is 3. The first-order chi connectivity index (χ1) is 8.83. The van der Waals surface area contributed by atoms with Crippen molar-refractivity contribution in [1.82, 2.24) is 15.3 Å². The summed E-state index contributed by atoms with van der Waals surface area (Å²) in [6, 6.07) is 7.72. The van der Waals surface area contributed by atoms with E-state index in [4.69, 9.17) is 4.74 Å². The van der Waals surface area contributed by atoms with E-state index in [9.17, 15) is 4.79 Å². The van der Waals surface area contributed by atoms with Gasteiger partial charge in [0.25, 0.3) is 5.56 Å². The molecule has 2 heterocycles. The molecule has 1 aliphatic heterocycles. The summed E-state index contributed by atoms with van der Waals surface area (Å²) < 4.78 is 5.28. The van der Waals surface area contributed by atoms with E-state index in [-0.39, 0.29) is 5.56 Å². The van der Waals surface area contributed by atoms with Gasteiger partial charge in [-0.1, -0.05) is 12.1 Å². The third kappa shape index (κ3) is 2.27.